The first-order valence-corrected chi connectivity index (χ1v) is 12.8. The van der Waals surface area contributed by atoms with E-state index in [0.29, 0.717) is 23.6 Å². The van der Waals surface area contributed by atoms with Gasteiger partial charge in [-0.15, -0.1) is 11.3 Å². The normalized spacial score (nSPS) is 22.5. The van der Waals surface area contributed by atoms with Crippen LogP contribution in [0, 0.1) is 0 Å². The third-order valence-electron chi connectivity index (χ3n) is 6.49. The van der Waals surface area contributed by atoms with Gasteiger partial charge in [0.05, 0.1) is 5.75 Å². The molecule has 5 rings (SSSR count). The number of hydrogen-bond acceptors (Lipinski definition) is 5. The number of thiophene rings is 1. The summed E-state index contributed by atoms with van der Waals surface area (Å²) >= 11 is 3.55. The number of thioether (sulfide) groups is 1. The van der Waals surface area contributed by atoms with Gasteiger partial charge >= 0.3 is 0 Å². The van der Waals surface area contributed by atoms with Crippen molar-refractivity contribution in [3.05, 3.63) is 16.3 Å². The Morgan fingerprint density at radius 1 is 1.14 bits per heavy atom. The monoisotopic (exact) mass is 415 g/mol. The summed E-state index contributed by atoms with van der Waals surface area (Å²) in [7, 11) is 0. The van der Waals surface area contributed by atoms with Crippen molar-refractivity contribution < 1.29 is 4.79 Å². The smallest absolute Gasteiger partial charge is 0.233 e. The van der Waals surface area contributed by atoms with Gasteiger partial charge in [-0.3, -0.25) is 4.79 Å². The number of likely N-dealkylation sites (tertiary alicyclic amines) is 1. The fraction of sp³-hybridized carbons (Fsp3) is 0.682. The maximum absolute atomic E-state index is 13.0. The van der Waals surface area contributed by atoms with Gasteiger partial charge in [0.25, 0.3) is 0 Å². The van der Waals surface area contributed by atoms with Gasteiger partial charge in [0.2, 0.25) is 5.91 Å². The minimum Gasteiger partial charge on any atom is -0.339 e. The van der Waals surface area contributed by atoms with Crippen LogP contribution in [0.15, 0.2) is 5.03 Å². The van der Waals surface area contributed by atoms with E-state index >= 15 is 0 Å². The molecule has 1 unspecified atom stereocenters. The minimum atomic E-state index is 0.292. The van der Waals surface area contributed by atoms with Crippen LogP contribution in [0.4, 0.5) is 0 Å². The van der Waals surface area contributed by atoms with Crippen molar-refractivity contribution >= 4 is 39.2 Å². The van der Waals surface area contributed by atoms with E-state index in [4.69, 9.17) is 9.97 Å². The highest BCUT2D eigenvalue weighted by molar-refractivity contribution is 8.00. The molecule has 1 atom stereocenters. The molecule has 2 aliphatic carbocycles. The Morgan fingerprint density at radius 3 is 2.82 bits per heavy atom. The van der Waals surface area contributed by atoms with Crippen LogP contribution in [0.1, 0.15) is 80.5 Å². The number of nitrogens with zero attached hydrogens (tertiary/aromatic N) is 3. The quantitative estimate of drug-likeness (QED) is 0.489. The zero-order valence-electron chi connectivity index (χ0n) is 16.7. The van der Waals surface area contributed by atoms with E-state index < -0.39 is 0 Å². The van der Waals surface area contributed by atoms with Gasteiger partial charge in [-0.1, -0.05) is 18.7 Å². The van der Waals surface area contributed by atoms with Crippen LogP contribution in [-0.4, -0.2) is 39.1 Å². The van der Waals surface area contributed by atoms with Crippen molar-refractivity contribution in [2.45, 2.75) is 88.1 Å². The summed E-state index contributed by atoms with van der Waals surface area (Å²) in [6, 6.07) is 0.434. The molecule has 0 bridgehead atoms. The van der Waals surface area contributed by atoms with Gasteiger partial charge in [0.15, 0.2) is 0 Å². The van der Waals surface area contributed by atoms with Crippen LogP contribution in [0.3, 0.4) is 0 Å². The zero-order chi connectivity index (χ0) is 19.1. The first kappa shape index (κ1) is 18.9. The Balaban J connectivity index is 1.42. The number of fused-ring (bicyclic) bond motifs is 3. The van der Waals surface area contributed by atoms with Gasteiger partial charge in [0.1, 0.15) is 15.7 Å². The number of amides is 1. The number of carbonyl (C=O) groups excluding carboxylic acids is 1. The Labute approximate surface area is 175 Å². The standard InChI is InChI=1S/C22H29N3OS2/c1-2-15-7-5-6-12-25(15)18(26)13-27-21-19-16-8-3-4-9-17(16)28-22(19)24-20(23-21)14-10-11-14/h14-15H,2-13H2,1H3. The van der Waals surface area contributed by atoms with Crippen molar-refractivity contribution in [3.63, 3.8) is 0 Å². The van der Waals surface area contributed by atoms with Gasteiger partial charge in [-0.2, -0.15) is 0 Å². The average molecular weight is 416 g/mol. The average Bonchev–Trinajstić information content (AvgIpc) is 3.52. The molecule has 1 amide bonds. The molecule has 1 saturated carbocycles. The molecule has 2 aromatic heterocycles. The summed E-state index contributed by atoms with van der Waals surface area (Å²) in [6.45, 7) is 3.13. The highest BCUT2D eigenvalue weighted by Gasteiger charge is 2.30. The fourth-order valence-corrected chi connectivity index (χ4v) is 7.02. The largest absolute Gasteiger partial charge is 0.339 e. The number of rotatable bonds is 5. The van der Waals surface area contributed by atoms with Crippen LogP contribution < -0.4 is 0 Å². The second kappa shape index (κ2) is 7.94. The second-order valence-electron chi connectivity index (χ2n) is 8.49. The van der Waals surface area contributed by atoms with E-state index in [-0.39, 0.29) is 0 Å². The third kappa shape index (κ3) is 3.58. The molecule has 0 aromatic carbocycles. The molecule has 28 heavy (non-hydrogen) atoms. The molecular formula is C22H29N3OS2. The fourth-order valence-electron chi connectivity index (χ4n) is 4.73. The minimum absolute atomic E-state index is 0.292. The van der Waals surface area contributed by atoms with Gasteiger partial charge in [-0.05, 0) is 69.8 Å². The molecule has 2 aromatic rings. The molecule has 1 aliphatic heterocycles. The van der Waals surface area contributed by atoms with Gasteiger partial charge in [-0.25, -0.2) is 9.97 Å². The van der Waals surface area contributed by atoms with Crippen LogP contribution in [0.5, 0.6) is 0 Å². The Morgan fingerprint density at radius 2 is 2.00 bits per heavy atom. The van der Waals surface area contributed by atoms with E-state index in [9.17, 15) is 4.79 Å². The van der Waals surface area contributed by atoms with Crippen LogP contribution in [-0.2, 0) is 17.6 Å². The molecule has 4 nitrogen and oxygen atoms in total. The van der Waals surface area contributed by atoms with E-state index in [2.05, 4.69) is 11.8 Å². The molecule has 3 heterocycles. The Hall–Kier alpha value is -1.14. The topological polar surface area (TPSA) is 46.1 Å². The first-order valence-electron chi connectivity index (χ1n) is 11.0. The second-order valence-corrected chi connectivity index (χ2v) is 10.5. The zero-order valence-corrected chi connectivity index (χ0v) is 18.3. The predicted octanol–water partition coefficient (Wildman–Crippen LogP) is 5.33. The third-order valence-corrected chi connectivity index (χ3v) is 8.64. The molecule has 1 saturated heterocycles. The summed E-state index contributed by atoms with van der Waals surface area (Å²) in [5.41, 5.74) is 1.48. The van der Waals surface area contributed by atoms with E-state index in [1.807, 2.05) is 11.3 Å². The Kier molecular flexibility index (Phi) is 5.35. The number of aromatic nitrogens is 2. The summed E-state index contributed by atoms with van der Waals surface area (Å²) in [5.74, 6) is 2.37. The lowest BCUT2D eigenvalue weighted by Gasteiger charge is -2.35. The van der Waals surface area contributed by atoms with Crippen molar-refractivity contribution in [2.75, 3.05) is 12.3 Å². The van der Waals surface area contributed by atoms with E-state index in [1.165, 1.54) is 59.2 Å². The summed E-state index contributed by atoms with van der Waals surface area (Å²) in [5, 5.41) is 2.34. The van der Waals surface area contributed by atoms with Crippen LogP contribution >= 0.6 is 23.1 Å². The Bertz CT molecular complexity index is 890. The number of piperidine rings is 1. The lowest BCUT2D eigenvalue weighted by molar-refractivity contribution is -0.132. The van der Waals surface area contributed by atoms with Crippen LogP contribution in [0.2, 0.25) is 0 Å². The number of aryl methyl sites for hydroxylation is 2. The summed E-state index contributed by atoms with van der Waals surface area (Å²) in [6.07, 6.45) is 11.9. The maximum Gasteiger partial charge on any atom is 0.233 e. The molecule has 3 aliphatic rings. The lowest BCUT2D eigenvalue weighted by atomic mass is 9.97. The number of hydrogen-bond donors (Lipinski definition) is 0. The van der Waals surface area contributed by atoms with Crippen molar-refractivity contribution in [3.8, 4) is 0 Å². The molecule has 0 radical (unpaired) electrons. The van der Waals surface area contributed by atoms with Crippen LogP contribution in [0.25, 0.3) is 10.2 Å². The maximum atomic E-state index is 13.0. The molecule has 6 heteroatoms. The molecular weight excluding hydrogens is 386 g/mol. The molecule has 0 spiro atoms. The summed E-state index contributed by atoms with van der Waals surface area (Å²) < 4.78 is 0. The van der Waals surface area contributed by atoms with E-state index in [1.54, 1.807) is 11.8 Å². The highest BCUT2D eigenvalue weighted by atomic mass is 32.2. The molecule has 0 N–H and O–H groups in total. The molecule has 2 fully saturated rings. The highest BCUT2D eigenvalue weighted by Crippen LogP contribution is 2.44. The van der Waals surface area contributed by atoms with Crippen molar-refractivity contribution in [1.82, 2.24) is 14.9 Å². The lowest BCUT2D eigenvalue weighted by Crippen LogP contribution is -2.44. The predicted molar refractivity (Wildman–Crippen MR) is 116 cm³/mol. The van der Waals surface area contributed by atoms with Crippen molar-refractivity contribution in [2.24, 2.45) is 0 Å². The number of carbonyl (C=O) groups is 1. The van der Waals surface area contributed by atoms with E-state index in [0.717, 1.165) is 43.1 Å². The first-order chi connectivity index (χ1) is 13.7. The van der Waals surface area contributed by atoms with Crippen molar-refractivity contribution in [1.29, 1.82) is 0 Å². The summed E-state index contributed by atoms with van der Waals surface area (Å²) in [4.78, 5) is 27.8. The molecule has 150 valence electrons. The SMILES string of the molecule is CCC1CCCCN1C(=O)CSc1nc(C2CC2)nc2sc3c(c12)CCCC3. The van der Waals surface area contributed by atoms with Gasteiger partial charge < -0.3 is 4.90 Å². The van der Waals surface area contributed by atoms with Gasteiger partial charge in [0, 0.05) is 28.8 Å².